The maximum absolute atomic E-state index is 12.0. The fraction of sp³-hybridized carbons (Fsp3) is 0.364. The Kier molecular flexibility index (Phi) is 7.29. The molecule has 28 heavy (non-hydrogen) atoms. The molecule has 2 aromatic rings. The number of carbonyl (C=O) groups is 2. The highest BCUT2D eigenvalue weighted by Gasteiger charge is 2.27. The number of benzene rings is 2. The predicted molar refractivity (Wildman–Crippen MR) is 106 cm³/mol. The minimum Gasteiger partial charge on any atom is -0.446 e. The summed E-state index contributed by atoms with van der Waals surface area (Å²) in [5.41, 5.74) is 2.03. The summed E-state index contributed by atoms with van der Waals surface area (Å²) in [6.07, 6.45) is 1.58. The Bertz CT molecular complexity index is 688. The van der Waals surface area contributed by atoms with Gasteiger partial charge in [0, 0.05) is 19.5 Å². The van der Waals surface area contributed by atoms with Crippen molar-refractivity contribution in [1.82, 2.24) is 10.6 Å². The van der Waals surface area contributed by atoms with Gasteiger partial charge in [0.25, 0.3) is 0 Å². The standard InChI is InChI=1S/C22H26N2O4/c25-21(23-15-17-8-3-1-4-9-17)27-19-12-7-13-20(14-19)28-22(26)24-16-18-10-5-2-6-11-18/h1-6,8-11,19-20H,7,12-16H2,(H,23,25)(H,24,26)/t19-,20-/m0/s1. The van der Waals surface area contributed by atoms with Gasteiger partial charge in [-0.2, -0.15) is 0 Å². The fourth-order valence-electron chi connectivity index (χ4n) is 3.24. The van der Waals surface area contributed by atoms with Crippen LogP contribution in [-0.2, 0) is 22.6 Å². The first-order valence-electron chi connectivity index (χ1n) is 9.66. The average Bonchev–Trinajstić information content (AvgIpc) is 2.72. The van der Waals surface area contributed by atoms with Crippen LogP contribution in [0, 0.1) is 0 Å². The van der Waals surface area contributed by atoms with E-state index in [4.69, 9.17) is 9.47 Å². The van der Waals surface area contributed by atoms with Crippen molar-refractivity contribution in [1.29, 1.82) is 0 Å². The quantitative estimate of drug-likeness (QED) is 0.787. The van der Waals surface area contributed by atoms with Crippen LogP contribution >= 0.6 is 0 Å². The Morgan fingerprint density at radius 2 is 1.18 bits per heavy atom. The highest BCUT2D eigenvalue weighted by molar-refractivity contribution is 5.68. The number of nitrogens with one attached hydrogen (secondary N) is 2. The predicted octanol–water partition coefficient (Wildman–Crippen LogP) is 4.15. The minimum atomic E-state index is -0.442. The van der Waals surface area contributed by atoms with Gasteiger partial charge in [0.2, 0.25) is 0 Å². The first-order chi connectivity index (χ1) is 13.7. The van der Waals surface area contributed by atoms with E-state index in [1.807, 2.05) is 60.7 Å². The summed E-state index contributed by atoms with van der Waals surface area (Å²) >= 11 is 0. The highest BCUT2D eigenvalue weighted by Crippen LogP contribution is 2.23. The van der Waals surface area contributed by atoms with Crippen LogP contribution in [0.2, 0.25) is 0 Å². The van der Waals surface area contributed by atoms with E-state index in [1.165, 1.54) is 0 Å². The second-order valence-corrected chi connectivity index (χ2v) is 6.90. The van der Waals surface area contributed by atoms with Crippen LogP contribution in [0.3, 0.4) is 0 Å². The average molecular weight is 382 g/mol. The zero-order chi connectivity index (χ0) is 19.6. The van der Waals surface area contributed by atoms with Gasteiger partial charge in [0.05, 0.1) is 0 Å². The Labute approximate surface area is 165 Å². The molecule has 0 heterocycles. The maximum Gasteiger partial charge on any atom is 0.407 e. The highest BCUT2D eigenvalue weighted by atomic mass is 16.6. The van der Waals surface area contributed by atoms with Crippen LogP contribution in [0.4, 0.5) is 9.59 Å². The lowest BCUT2D eigenvalue weighted by molar-refractivity contribution is 0.0111. The lowest BCUT2D eigenvalue weighted by atomic mass is 9.95. The minimum absolute atomic E-state index is 0.239. The van der Waals surface area contributed by atoms with Crippen LogP contribution in [0.1, 0.15) is 36.8 Å². The van der Waals surface area contributed by atoms with E-state index in [0.29, 0.717) is 19.5 Å². The fourth-order valence-corrected chi connectivity index (χ4v) is 3.24. The molecular formula is C22H26N2O4. The summed E-state index contributed by atoms with van der Waals surface area (Å²) in [6.45, 7) is 0.850. The smallest absolute Gasteiger partial charge is 0.407 e. The van der Waals surface area contributed by atoms with Crippen LogP contribution in [-0.4, -0.2) is 24.4 Å². The molecule has 0 bridgehead atoms. The molecule has 1 saturated carbocycles. The Hall–Kier alpha value is -3.02. The molecule has 6 nitrogen and oxygen atoms in total. The summed E-state index contributed by atoms with van der Waals surface area (Å²) in [6, 6.07) is 19.3. The third-order valence-corrected chi connectivity index (χ3v) is 4.68. The first kappa shape index (κ1) is 19.7. The third kappa shape index (κ3) is 6.61. The number of ether oxygens (including phenoxy) is 2. The van der Waals surface area contributed by atoms with Crippen LogP contribution in [0.5, 0.6) is 0 Å². The van der Waals surface area contributed by atoms with Crippen molar-refractivity contribution in [2.45, 2.75) is 51.0 Å². The molecule has 0 unspecified atom stereocenters. The molecule has 1 fully saturated rings. The molecule has 1 aliphatic carbocycles. The molecule has 2 atom stereocenters. The molecule has 2 N–H and O–H groups in total. The van der Waals surface area contributed by atoms with Crippen molar-refractivity contribution in [3.8, 4) is 0 Å². The van der Waals surface area contributed by atoms with E-state index in [0.717, 1.165) is 30.4 Å². The van der Waals surface area contributed by atoms with Crippen molar-refractivity contribution in [3.05, 3.63) is 71.8 Å². The van der Waals surface area contributed by atoms with Gasteiger partial charge in [-0.25, -0.2) is 9.59 Å². The Morgan fingerprint density at radius 1 is 0.750 bits per heavy atom. The van der Waals surface area contributed by atoms with Crippen LogP contribution in [0.15, 0.2) is 60.7 Å². The largest absolute Gasteiger partial charge is 0.446 e. The Morgan fingerprint density at radius 3 is 1.61 bits per heavy atom. The molecular weight excluding hydrogens is 356 g/mol. The van der Waals surface area contributed by atoms with Crippen molar-refractivity contribution in [3.63, 3.8) is 0 Å². The molecule has 0 aromatic heterocycles. The lowest BCUT2D eigenvalue weighted by Gasteiger charge is -2.28. The number of alkyl carbamates (subject to hydrolysis) is 2. The number of rotatable bonds is 6. The molecule has 6 heteroatoms. The second-order valence-electron chi connectivity index (χ2n) is 6.90. The number of carbonyl (C=O) groups excluding carboxylic acids is 2. The summed E-state index contributed by atoms with van der Waals surface area (Å²) < 4.78 is 11.0. The van der Waals surface area contributed by atoms with Gasteiger partial charge < -0.3 is 20.1 Å². The van der Waals surface area contributed by atoms with E-state index in [1.54, 1.807) is 0 Å². The van der Waals surface area contributed by atoms with Gasteiger partial charge in [-0.05, 0) is 30.4 Å². The van der Waals surface area contributed by atoms with Gasteiger partial charge in [-0.3, -0.25) is 0 Å². The molecule has 2 amide bonds. The SMILES string of the molecule is O=C(NCc1ccccc1)O[C@H]1CCC[C@H](OC(=O)NCc2ccccc2)C1. The van der Waals surface area contributed by atoms with Crippen molar-refractivity contribution >= 4 is 12.2 Å². The van der Waals surface area contributed by atoms with Crippen LogP contribution in [0.25, 0.3) is 0 Å². The first-order valence-corrected chi connectivity index (χ1v) is 9.66. The van der Waals surface area contributed by atoms with Gasteiger partial charge in [-0.15, -0.1) is 0 Å². The molecule has 2 aromatic carbocycles. The maximum atomic E-state index is 12.0. The topological polar surface area (TPSA) is 76.7 Å². The molecule has 0 radical (unpaired) electrons. The molecule has 3 rings (SSSR count). The Balaban J connectivity index is 1.37. The zero-order valence-electron chi connectivity index (χ0n) is 15.8. The van der Waals surface area contributed by atoms with Crippen LogP contribution < -0.4 is 10.6 Å². The van der Waals surface area contributed by atoms with E-state index in [9.17, 15) is 9.59 Å². The molecule has 148 valence electrons. The molecule has 0 saturated heterocycles. The number of amides is 2. The molecule has 0 aliphatic heterocycles. The summed E-state index contributed by atoms with van der Waals surface area (Å²) in [7, 11) is 0. The monoisotopic (exact) mass is 382 g/mol. The van der Waals surface area contributed by atoms with Gasteiger partial charge in [-0.1, -0.05) is 60.7 Å². The van der Waals surface area contributed by atoms with Gasteiger partial charge >= 0.3 is 12.2 Å². The third-order valence-electron chi connectivity index (χ3n) is 4.68. The van der Waals surface area contributed by atoms with Gasteiger partial charge in [0.15, 0.2) is 0 Å². The zero-order valence-corrected chi connectivity index (χ0v) is 15.8. The van der Waals surface area contributed by atoms with E-state index >= 15 is 0 Å². The summed E-state index contributed by atoms with van der Waals surface area (Å²) in [5, 5.41) is 5.52. The normalized spacial score (nSPS) is 18.7. The summed E-state index contributed by atoms with van der Waals surface area (Å²) in [4.78, 5) is 24.0. The summed E-state index contributed by atoms with van der Waals surface area (Å²) in [5.74, 6) is 0. The number of hydrogen-bond donors (Lipinski definition) is 2. The lowest BCUT2D eigenvalue weighted by Crippen LogP contribution is -2.36. The van der Waals surface area contributed by atoms with E-state index < -0.39 is 12.2 Å². The second kappa shape index (κ2) is 10.3. The van der Waals surface area contributed by atoms with Crippen molar-refractivity contribution in [2.24, 2.45) is 0 Å². The van der Waals surface area contributed by atoms with E-state index in [2.05, 4.69) is 10.6 Å². The van der Waals surface area contributed by atoms with Gasteiger partial charge in [0.1, 0.15) is 12.2 Å². The van der Waals surface area contributed by atoms with Crippen molar-refractivity contribution in [2.75, 3.05) is 0 Å². The molecule has 1 aliphatic rings. The molecule has 0 spiro atoms. The van der Waals surface area contributed by atoms with Crippen molar-refractivity contribution < 1.29 is 19.1 Å². The number of hydrogen-bond acceptors (Lipinski definition) is 4. The van der Waals surface area contributed by atoms with E-state index in [-0.39, 0.29) is 12.2 Å².